The number of hydrogen-bond acceptors (Lipinski definition) is 5. The molecule has 0 aliphatic carbocycles. The van der Waals surface area contributed by atoms with Crippen molar-refractivity contribution in [3.63, 3.8) is 0 Å². The van der Waals surface area contributed by atoms with E-state index in [0.717, 1.165) is 37.2 Å². The number of piperidine rings is 1. The summed E-state index contributed by atoms with van der Waals surface area (Å²) in [6, 6.07) is 14.6. The lowest BCUT2D eigenvalue weighted by Gasteiger charge is -2.32. The fraction of sp³-hybridized carbons (Fsp3) is 0.320. The SMILES string of the molecule is CC(=N)N1CCC(Oc2ccc(N(CC=Cc3cccc(C(=N)N)c3)C(=O)CO)cc2)CC1. The van der Waals surface area contributed by atoms with Crippen LogP contribution in [-0.2, 0) is 4.79 Å². The van der Waals surface area contributed by atoms with E-state index >= 15 is 0 Å². The molecule has 0 bridgehead atoms. The Balaban J connectivity index is 1.63. The number of nitrogens with two attached hydrogens (primary N) is 1. The van der Waals surface area contributed by atoms with E-state index in [2.05, 4.69) is 0 Å². The standard InChI is InChI=1S/C25H31N5O3/c1-18(26)29-14-11-23(12-15-29)33-22-9-7-21(8-10-22)30(24(32)17-31)13-3-5-19-4-2-6-20(16-19)25(27)28/h2-10,16,23,26,31H,11-15,17H2,1H3,(H3,27,28). The average Bonchev–Trinajstić information content (AvgIpc) is 2.82. The molecule has 8 nitrogen and oxygen atoms in total. The minimum atomic E-state index is -0.586. The third-order valence-electron chi connectivity index (χ3n) is 5.60. The van der Waals surface area contributed by atoms with Crippen LogP contribution in [0.5, 0.6) is 5.75 Å². The molecule has 1 saturated heterocycles. The summed E-state index contributed by atoms with van der Waals surface area (Å²) in [7, 11) is 0. The van der Waals surface area contributed by atoms with Crippen LogP contribution in [0.15, 0.2) is 54.6 Å². The van der Waals surface area contributed by atoms with Gasteiger partial charge in [0.2, 0.25) is 0 Å². The van der Waals surface area contributed by atoms with Gasteiger partial charge in [-0.15, -0.1) is 0 Å². The molecular formula is C25H31N5O3. The van der Waals surface area contributed by atoms with E-state index in [1.165, 1.54) is 4.90 Å². The summed E-state index contributed by atoms with van der Waals surface area (Å²) >= 11 is 0. The summed E-state index contributed by atoms with van der Waals surface area (Å²) in [4.78, 5) is 15.9. The number of nitrogens with zero attached hydrogens (tertiary/aromatic N) is 2. The predicted octanol–water partition coefficient (Wildman–Crippen LogP) is 2.85. The molecule has 0 unspecified atom stereocenters. The zero-order valence-corrected chi connectivity index (χ0v) is 18.8. The van der Waals surface area contributed by atoms with Crippen molar-refractivity contribution in [1.82, 2.24) is 4.90 Å². The van der Waals surface area contributed by atoms with Gasteiger partial charge in [-0.25, -0.2) is 0 Å². The summed E-state index contributed by atoms with van der Waals surface area (Å²) in [6.07, 6.45) is 5.52. The van der Waals surface area contributed by atoms with Gasteiger partial charge in [-0.05, 0) is 42.8 Å². The van der Waals surface area contributed by atoms with E-state index in [1.54, 1.807) is 19.1 Å². The van der Waals surface area contributed by atoms with Crippen LogP contribution in [0.3, 0.4) is 0 Å². The molecule has 1 heterocycles. The second-order valence-electron chi connectivity index (χ2n) is 7.99. The molecule has 0 atom stereocenters. The van der Waals surface area contributed by atoms with Gasteiger partial charge in [0.25, 0.3) is 5.91 Å². The molecule has 1 aliphatic rings. The maximum atomic E-state index is 12.3. The van der Waals surface area contributed by atoms with Crippen LogP contribution >= 0.6 is 0 Å². The first-order valence-electron chi connectivity index (χ1n) is 11.0. The minimum Gasteiger partial charge on any atom is -0.490 e. The fourth-order valence-corrected chi connectivity index (χ4v) is 3.75. The number of rotatable bonds is 8. The number of hydrogen-bond donors (Lipinski definition) is 4. The van der Waals surface area contributed by atoms with E-state index in [-0.39, 0.29) is 18.5 Å². The van der Waals surface area contributed by atoms with Crippen LogP contribution in [0.4, 0.5) is 5.69 Å². The average molecular weight is 450 g/mol. The van der Waals surface area contributed by atoms with Crippen molar-refractivity contribution in [2.45, 2.75) is 25.9 Å². The van der Waals surface area contributed by atoms with E-state index in [9.17, 15) is 9.90 Å². The predicted molar refractivity (Wildman–Crippen MR) is 131 cm³/mol. The topological polar surface area (TPSA) is 127 Å². The van der Waals surface area contributed by atoms with Crippen LogP contribution in [-0.4, -0.2) is 59.9 Å². The van der Waals surface area contributed by atoms with Gasteiger partial charge in [-0.2, -0.15) is 0 Å². The van der Waals surface area contributed by atoms with Crippen molar-refractivity contribution in [3.8, 4) is 5.75 Å². The van der Waals surface area contributed by atoms with Crippen molar-refractivity contribution in [3.05, 3.63) is 65.7 Å². The van der Waals surface area contributed by atoms with Gasteiger partial charge in [0.15, 0.2) is 0 Å². The molecule has 0 aromatic heterocycles. The zero-order chi connectivity index (χ0) is 23.8. The smallest absolute Gasteiger partial charge is 0.252 e. The molecule has 33 heavy (non-hydrogen) atoms. The Morgan fingerprint density at radius 2 is 1.91 bits per heavy atom. The third-order valence-corrected chi connectivity index (χ3v) is 5.60. The Morgan fingerprint density at radius 3 is 2.52 bits per heavy atom. The number of carbonyl (C=O) groups excluding carboxylic acids is 1. The molecule has 8 heteroatoms. The van der Waals surface area contributed by atoms with Gasteiger partial charge in [0.05, 0.1) is 5.84 Å². The Morgan fingerprint density at radius 1 is 1.21 bits per heavy atom. The van der Waals surface area contributed by atoms with E-state index in [4.69, 9.17) is 21.3 Å². The van der Waals surface area contributed by atoms with Gasteiger partial charge in [-0.3, -0.25) is 15.6 Å². The first-order chi connectivity index (χ1) is 15.9. The Bertz CT molecular complexity index is 1010. The molecule has 0 radical (unpaired) electrons. The van der Waals surface area contributed by atoms with Crippen LogP contribution in [0, 0.1) is 10.8 Å². The van der Waals surface area contributed by atoms with Gasteiger partial charge < -0.3 is 25.4 Å². The minimum absolute atomic E-state index is 0.0000298. The number of benzene rings is 2. The number of amidine groups is 2. The number of nitrogen functional groups attached to an aromatic ring is 1. The number of aliphatic hydroxyl groups excluding tert-OH is 1. The van der Waals surface area contributed by atoms with Gasteiger partial charge in [-0.1, -0.05) is 30.4 Å². The first-order valence-corrected chi connectivity index (χ1v) is 11.0. The lowest BCUT2D eigenvalue weighted by atomic mass is 10.1. The second-order valence-corrected chi connectivity index (χ2v) is 7.99. The van der Waals surface area contributed by atoms with Crippen molar-refractivity contribution in [2.75, 3.05) is 31.1 Å². The molecule has 2 aromatic carbocycles. The van der Waals surface area contributed by atoms with Gasteiger partial charge >= 0.3 is 0 Å². The number of nitrogens with one attached hydrogen (secondary N) is 2. The number of anilines is 1. The molecule has 2 aromatic rings. The van der Waals surface area contributed by atoms with Crippen molar-refractivity contribution in [2.24, 2.45) is 5.73 Å². The highest BCUT2D eigenvalue weighted by Gasteiger charge is 2.21. The lowest BCUT2D eigenvalue weighted by molar-refractivity contribution is -0.121. The highest BCUT2D eigenvalue weighted by molar-refractivity contribution is 5.96. The van der Waals surface area contributed by atoms with E-state index in [0.29, 0.717) is 17.1 Å². The summed E-state index contributed by atoms with van der Waals surface area (Å²) in [6.45, 7) is 3.14. The molecular weight excluding hydrogens is 418 g/mol. The monoisotopic (exact) mass is 449 g/mol. The number of likely N-dealkylation sites (tertiary alicyclic amines) is 1. The van der Waals surface area contributed by atoms with Gasteiger partial charge in [0.1, 0.15) is 24.3 Å². The molecule has 5 N–H and O–H groups in total. The van der Waals surface area contributed by atoms with Crippen LogP contribution in [0.1, 0.15) is 30.9 Å². The van der Waals surface area contributed by atoms with Crippen molar-refractivity contribution in [1.29, 1.82) is 10.8 Å². The maximum Gasteiger partial charge on any atom is 0.252 e. The van der Waals surface area contributed by atoms with E-state index < -0.39 is 12.5 Å². The molecule has 3 rings (SSSR count). The molecule has 1 fully saturated rings. The lowest BCUT2D eigenvalue weighted by Crippen LogP contribution is -2.40. The maximum absolute atomic E-state index is 12.3. The summed E-state index contributed by atoms with van der Waals surface area (Å²) in [5, 5.41) is 24.7. The molecule has 0 saturated carbocycles. The highest BCUT2D eigenvalue weighted by atomic mass is 16.5. The summed E-state index contributed by atoms with van der Waals surface area (Å²) < 4.78 is 6.08. The number of carbonyl (C=O) groups is 1. The van der Waals surface area contributed by atoms with Crippen molar-refractivity contribution >= 4 is 29.3 Å². The quantitative estimate of drug-likeness (QED) is 0.364. The highest BCUT2D eigenvalue weighted by Crippen LogP contribution is 2.23. The molecule has 1 aliphatic heterocycles. The largest absolute Gasteiger partial charge is 0.490 e. The number of amides is 1. The fourth-order valence-electron chi connectivity index (χ4n) is 3.75. The Kier molecular flexibility index (Phi) is 8.21. The molecule has 1 amide bonds. The normalized spacial score (nSPS) is 14.3. The van der Waals surface area contributed by atoms with Crippen LogP contribution in [0.2, 0.25) is 0 Å². The zero-order valence-electron chi connectivity index (χ0n) is 18.8. The first kappa shape index (κ1) is 24.0. The van der Waals surface area contributed by atoms with E-state index in [1.807, 2.05) is 53.5 Å². The molecule has 0 spiro atoms. The number of aliphatic hydroxyl groups is 1. The Labute approximate surface area is 194 Å². The van der Waals surface area contributed by atoms with Crippen molar-refractivity contribution < 1.29 is 14.6 Å². The summed E-state index contributed by atoms with van der Waals surface area (Å²) in [5.74, 6) is 0.920. The van der Waals surface area contributed by atoms with Gasteiger partial charge in [0, 0.05) is 43.7 Å². The summed E-state index contributed by atoms with van der Waals surface area (Å²) in [5.41, 5.74) is 7.71. The van der Waals surface area contributed by atoms with Crippen LogP contribution in [0.25, 0.3) is 6.08 Å². The second kappa shape index (κ2) is 11.3. The third kappa shape index (κ3) is 6.66. The number of ether oxygens (including phenoxy) is 1. The molecule has 174 valence electrons. The van der Waals surface area contributed by atoms with Crippen LogP contribution < -0.4 is 15.4 Å². The Hall–Kier alpha value is -3.65.